The van der Waals surface area contributed by atoms with Crippen molar-refractivity contribution in [2.75, 3.05) is 20.8 Å². The minimum atomic E-state index is -1.19. The number of phenols is 1. The summed E-state index contributed by atoms with van der Waals surface area (Å²) < 4.78 is 15.6. The van der Waals surface area contributed by atoms with E-state index in [9.17, 15) is 19.5 Å². The van der Waals surface area contributed by atoms with Crippen LogP contribution in [0, 0.1) is 0 Å². The monoisotopic (exact) mass is 521 g/mol. The zero-order valence-corrected chi connectivity index (χ0v) is 21.2. The molecule has 0 fully saturated rings. The maximum Gasteiger partial charge on any atom is 0.408 e. The van der Waals surface area contributed by atoms with Gasteiger partial charge < -0.3 is 35.7 Å². The van der Waals surface area contributed by atoms with E-state index in [0.29, 0.717) is 11.5 Å². The number of carbonyl (C=O) groups excluding carboxylic acids is 3. The summed E-state index contributed by atoms with van der Waals surface area (Å²) in [7, 11) is 2.95. The number of phenolic OH excluding ortho intramolecular Hbond substituents is 1. The van der Waals surface area contributed by atoms with Crippen LogP contribution in [0.3, 0.4) is 0 Å². The Morgan fingerprint density at radius 1 is 0.868 bits per heavy atom. The standard InChI is InChI=1S/C28H31N3O7/c1-36-22-10-8-18(9-11-22)12-24(30-28(35)38-17-19-6-4-3-5-7-19)27(34)31-26(25(33)16-29)20-13-21(32)15-23(14-20)37-2/h3-11,13-15,24,26,32H,12,16-17,29H2,1-2H3,(H,30,35)(H,31,34)/t24-,26+/m1/s1. The molecule has 38 heavy (non-hydrogen) atoms. The highest BCUT2D eigenvalue weighted by atomic mass is 16.5. The number of amides is 2. The number of hydrogen-bond acceptors (Lipinski definition) is 8. The average molecular weight is 522 g/mol. The molecule has 0 saturated heterocycles. The van der Waals surface area contributed by atoms with Crippen molar-refractivity contribution < 1.29 is 33.7 Å². The van der Waals surface area contributed by atoms with Crippen molar-refractivity contribution in [3.05, 3.63) is 89.5 Å². The minimum absolute atomic E-state index is 0.0148. The van der Waals surface area contributed by atoms with Crippen molar-refractivity contribution in [2.45, 2.75) is 25.1 Å². The molecule has 0 heterocycles. The van der Waals surface area contributed by atoms with E-state index in [1.807, 2.05) is 18.2 Å². The Kier molecular flexibility index (Phi) is 10.1. The van der Waals surface area contributed by atoms with Crippen molar-refractivity contribution in [3.8, 4) is 17.2 Å². The molecule has 200 valence electrons. The van der Waals surface area contributed by atoms with Gasteiger partial charge in [0.2, 0.25) is 5.91 Å². The molecule has 0 aliphatic carbocycles. The predicted molar refractivity (Wildman–Crippen MR) is 140 cm³/mol. The van der Waals surface area contributed by atoms with Gasteiger partial charge in [-0.05, 0) is 41.0 Å². The number of ether oxygens (including phenoxy) is 3. The first kappa shape index (κ1) is 28.0. The summed E-state index contributed by atoms with van der Waals surface area (Å²) in [6.07, 6.45) is -0.702. The fraction of sp³-hybridized carbons (Fsp3) is 0.250. The average Bonchev–Trinajstić information content (AvgIpc) is 2.94. The normalized spacial score (nSPS) is 12.1. The zero-order valence-electron chi connectivity index (χ0n) is 21.2. The summed E-state index contributed by atoms with van der Waals surface area (Å²) in [6.45, 7) is -0.348. The van der Waals surface area contributed by atoms with Crippen molar-refractivity contribution in [1.29, 1.82) is 0 Å². The Morgan fingerprint density at radius 2 is 1.55 bits per heavy atom. The SMILES string of the molecule is COc1ccc(C[C@@H](NC(=O)OCc2ccccc2)C(=O)N[C@H](C(=O)CN)c2cc(O)cc(OC)c2)cc1. The molecule has 0 aromatic heterocycles. The van der Waals surface area contributed by atoms with Crippen LogP contribution in [0.1, 0.15) is 22.7 Å². The molecule has 3 aromatic carbocycles. The third-order valence-electron chi connectivity index (χ3n) is 5.71. The van der Waals surface area contributed by atoms with E-state index < -0.39 is 29.9 Å². The summed E-state index contributed by atoms with van der Waals surface area (Å²) in [6, 6.07) is 18.0. The summed E-state index contributed by atoms with van der Waals surface area (Å²) in [4.78, 5) is 38.8. The van der Waals surface area contributed by atoms with Crippen LogP contribution in [0.5, 0.6) is 17.2 Å². The Bertz CT molecular complexity index is 1230. The first-order chi connectivity index (χ1) is 18.3. The van der Waals surface area contributed by atoms with Crippen LogP contribution in [0.15, 0.2) is 72.8 Å². The van der Waals surface area contributed by atoms with Crippen LogP contribution >= 0.6 is 0 Å². The highest BCUT2D eigenvalue weighted by Crippen LogP contribution is 2.26. The van der Waals surface area contributed by atoms with E-state index in [2.05, 4.69) is 10.6 Å². The third kappa shape index (κ3) is 7.97. The van der Waals surface area contributed by atoms with Crippen LogP contribution in [-0.2, 0) is 27.4 Å². The molecule has 3 aromatic rings. The Hall–Kier alpha value is -4.57. The van der Waals surface area contributed by atoms with Gasteiger partial charge in [-0.25, -0.2) is 4.79 Å². The first-order valence-electron chi connectivity index (χ1n) is 11.8. The highest BCUT2D eigenvalue weighted by molar-refractivity contribution is 5.94. The van der Waals surface area contributed by atoms with Gasteiger partial charge in [0.15, 0.2) is 5.78 Å². The number of ketones is 1. The molecule has 0 spiro atoms. The summed E-state index contributed by atoms with van der Waals surface area (Å²) in [5.41, 5.74) is 7.39. The number of nitrogens with two attached hydrogens (primary N) is 1. The second-order valence-corrected chi connectivity index (χ2v) is 8.39. The van der Waals surface area contributed by atoms with E-state index in [-0.39, 0.29) is 30.9 Å². The maximum absolute atomic E-state index is 13.4. The number of alkyl carbamates (subject to hydrolysis) is 1. The quantitative estimate of drug-likeness (QED) is 0.284. The van der Waals surface area contributed by atoms with Crippen molar-refractivity contribution in [3.63, 3.8) is 0 Å². The van der Waals surface area contributed by atoms with E-state index >= 15 is 0 Å². The number of carbonyl (C=O) groups is 3. The smallest absolute Gasteiger partial charge is 0.408 e. The van der Waals surface area contributed by atoms with Gasteiger partial charge in [0.25, 0.3) is 0 Å². The van der Waals surface area contributed by atoms with Crippen molar-refractivity contribution >= 4 is 17.8 Å². The third-order valence-corrected chi connectivity index (χ3v) is 5.71. The lowest BCUT2D eigenvalue weighted by molar-refractivity contribution is -0.128. The Labute approximate surface area is 220 Å². The number of Topliss-reactive ketones (excluding diaryl/α,β-unsaturated/α-hetero) is 1. The van der Waals surface area contributed by atoms with E-state index in [1.165, 1.54) is 25.3 Å². The van der Waals surface area contributed by atoms with Gasteiger partial charge in [-0.15, -0.1) is 0 Å². The molecule has 2 amide bonds. The molecule has 0 saturated carbocycles. The van der Waals surface area contributed by atoms with Crippen molar-refractivity contribution in [1.82, 2.24) is 10.6 Å². The molecule has 0 radical (unpaired) electrons. The molecule has 10 nitrogen and oxygen atoms in total. The molecule has 2 atom stereocenters. The summed E-state index contributed by atoms with van der Waals surface area (Å²) in [5, 5.41) is 15.3. The topological polar surface area (TPSA) is 149 Å². The van der Waals surface area contributed by atoms with E-state index in [0.717, 1.165) is 11.1 Å². The van der Waals surface area contributed by atoms with Gasteiger partial charge in [-0.3, -0.25) is 9.59 Å². The lowest BCUT2D eigenvalue weighted by Gasteiger charge is -2.23. The van der Waals surface area contributed by atoms with Gasteiger partial charge in [-0.1, -0.05) is 42.5 Å². The van der Waals surface area contributed by atoms with Gasteiger partial charge in [0.1, 0.15) is 35.9 Å². The van der Waals surface area contributed by atoms with Gasteiger partial charge in [-0.2, -0.15) is 0 Å². The number of aromatic hydroxyl groups is 1. The number of rotatable bonds is 12. The van der Waals surface area contributed by atoms with Crippen LogP contribution in [-0.4, -0.2) is 49.7 Å². The van der Waals surface area contributed by atoms with Crippen LogP contribution in [0.25, 0.3) is 0 Å². The maximum atomic E-state index is 13.4. The van der Waals surface area contributed by atoms with Gasteiger partial charge >= 0.3 is 6.09 Å². The molecule has 0 bridgehead atoms. The zero-order chi connectivity index (χ0) is 27.5. The fourth-order valence-electron chi connectivity index (χ4n) is 3.71. The lowest BCUT2D eigenvalue weighted by Crippen LogP contribution is -2.50. The van der Waals surface area contributed by atoms with Gasteiger partial charge in [0.05, 0.1) is 20.8 Å². The fourth-order valence-corrected chi connectivity index (χ4v) is 3.71. The van der Waals surface area contributed by atoms with Crippen LogP contribution < -0.4 is 25.8 Å². The first-order valence-corrected chi connectivity index (χ1v) is 11.8. The Balaban J connectivity index is 1.82. The number of hydrogen-bond donors (Lipinski definition) is 4. The molecular weight excluding hydrogens is 490 g/mol. The number of benzene rings is 3. The summed E-state index contributed by atoms with van der Waals surface area (Å²) >= 11 is 0. The molecule has 0 aliphatic heterocycles. The summed E-state index contributed by atoms with van der Waals surface area (Å²) in [5.74, 6) is -0.369. The predicted octanol–water partition coefficient (Wildman–Crippen LogP) is 2.63. The molecule has 10 heteroatoms. The second kappa shape index (κ2) is 13.7. The largest absolute Gasteiger partial charge is 0.508 e. The van der Waals surface area contributed by atoms with Gasteiger partial charge in [0, 0.05) is 12.5 Å². The van der Waals surface area contributed by atoms with E-state index in [4.69, 9.17) is 19.9 Å². The molecule has 5 N–H and O–H groups in total. The second-order valence-electron chi connectivity index (χ2n) is 8.39. The van der Waals surface area contributed by atoms with Crippen molar-refractivity contribution in [2.24, 2.45) is 5.73 Å². The number of methoxy groups -OCH3 is 2. The number of nitrogens with one attached hydrogen (secondary N) is 2. The van der Waals surface area contributed by atoms with E-state index in [1.54, 1.807) is 43.5 Å². The lowest BCUT2D eigenvalue weighted by atomic mass is 10.00. The molecule has 0 aliphatic rings. The Morgan fingerprint density at radius 3 is 2.18 bits per heavy atom. The van der Waals surface area contributed by atoms with Crippen LogP contribution in [0.4, 0.5) is 4.79 Å². The molecular formula is C28H31N3O7. The minimum Gasteiger partial charge on any atom is -0.508 e. The highest BCUT2D eigenvalue weighted by Gasteiger charge is 2.28. The van der Waals surface area contributed by atoms with Crippen LogP contribution in [0.2, 0.25) is 0 Å². The molecule has 0 unspecified atom stereocenters. The molecule has 3 rings (SSSR count).